The highest BCUT2D eigenvalue weighted by Crippen LogP contribution is 2.26. The van der Waals surface area contributed by atoms with Crippen LogP contribution in [0.5, 0.6) is 0 Å². The molecule has 1 atom stereocenters. The Morgan fingerprint density at radius 2 is 1.46 bits per heavy atom. The number of benzene rings is 3. The molecule has 0 unspecified atom stereocenters. The van der Waals surface area contributed by atoms with Crippen molar-refractivity contribution < 1.29 is 18.0 Å². The van der Waals surface area contributed by atoms with Gasteiger partial charge in [0.05, 0.1) is 10.6 Å². The normalized spacial score (nSPS) is 12.0. The van der Waals surface area contributed by atoms with Crippen molar-refractivity contribution in [3.8, 4) is 0 Å². The molecule has 3 aromatic carbocycles. The number of nitrogens with zero attached hydrogens (tertiary/aromatic N) is 2. The molecule has 3 aromatic rings. The minimum atomic E-state index is -4.06. The number of sulfonamides is 1. The minimum absolute atomic E-state index is 0.0977. The maximum atomic E-state index is 14.0. The minimum Gasteiger partial charge on any atom is -0.354 e. The van der Waals surface area contributed by atoms with Crippen LogP contribution in [-0.2, 0) is 26.0 Å². The van der Waals surface area contributed by atoms with Crippen LogP contribution in [0.15, 0.2) is 83.8 Å². The first kappa shape index (κ1) is 29.9. The first-order valence-corrected chi connectivity index (χ1v) is 14.9. The zero-order valence-corrected chi connectivity index (χ0v) is 24.1. The van der Waals surface area contributed by atoms with Crippen LogP contribution in [0.4, 0.5) is 5.69 Å². The van der Waals surface area contributed by atoms with Gasteiger partial charge in [0.1, 0.15) is 12.6 Å². The average Bonchev–Trinajstić information content (AvgIpc) is 2.92. The third-order valence-corrected chi connectivity index (χ3v) is 8.31. The number of anilines is 1. The molecule has 2 amide bonds. The van der Waals surface area contributed by atoms with Crippen LogP contribution in [0.2, 0.25) is 0 Å². The SMILES string of the molecule is CCCNC(=O)[C@H](CC)N(CCc1ccccc1)C(=O)CN(c1cc(C)cc(C)c1)S(=O)(=O)c1ccccc1. The number of rotatable bonds is 13. The fourth-order valence-electron chi connectivity index (χ4n) is 4.60. The predicted octanol–water partition coefficient (Wildman–Crippen LogP) is 4.87. The summed E-state index contributed by atoms with van der Waals surface area (Å²) in [6, 6.07) is 22.6. The highest BCUT2D eigenvalue weighted by molar-refractivity contribution is 7.92. The zero-order chi connectivity index (χ0) is 28.4. The molecule has 0 aliphatic heterocycles. The molecule has 3 rings (SSSR count). The second-order valence-corrected chi connectivity index (χ2v) is 11.6. The summed E-state index contributed by atoms with van der Waals surface area (Å²) in [5.41, 5.74) is 3.22. The first-order chi connectivity index (χ1) is 18.7. The van der Waals surface area contributed by atoms with Gasteiger partial charge in [-0.1, -0.05) is 68.4 Å². The molecule has 0 fully saturated rings. The van der Waals surface area contributed by atoms with E-state index >= 15 is 0 Å². The second-order valence-electron chi connectivity index (χ2n) is 9.71. The Balaban J connectivity index is 2.02. The summed E-state index contributed by atoms with van der Waals surface area (Å²) < 4.78 is 28.9. The van der Waals surface area contributed by atoms with Crippen molar-refractivity contribution in [3.05, 3.63) is 95.6 Å². The Morgan fingerprint density at radius 1 is 0.872 bits per heavy atom. The molecule has 1 N–H and O–H groups in total. The molecule has 0 aliphatic carbocycles. The Morgan fingerprint density at radius 3 is 2.03 bits per heavy atom. The molecule has 0 radical (unpaired) electrons. The molecule has 0 bridgehead atoms. The fraction of sp³-hybridized carbons (Fsp3) is 0.355. The Bertz CT molecular complexity index is 1320. The topological polar surface area (TPSA) is 86.8 Å². The number of nitrogens with one attached hydrogen (secondary N) is 1. The van der Waals surface area contributed by atoms with Crippen LogP contribution in [0.25, 0.3) is 0 Å². The van der Waals surface area contributed by atoms with Crippen LogP contribution >= 0.6 is 0 Å². The van der Waals surface area contributed by atoms with Crippen molar-refractivity contribution in [2.45, 2.75) is 57.9 Å². The first-order valence-electron chi connectivity index (χ1n) is 13.4. The molecule has 8 heteroatoms. The third-order valence-electron chi connectivity index (χ3n) is 6.52. The van der Waals surface area contributed by atoms with Gasteiger partial charge in [0.15, 0.2) is 0 Å². The maximum absolute atomic E-state index is 14.0. The van der Waals surface area contributed by atoms with E-state index in [4.69, 9.17) is 0 Å². The van der Waals surface area contributed by atoms with E-state index in [1.54, 1.807) is 30.3 Å². The Hall–Kier alpha value is -3.65. The van der Waals surface area contributed by atoms with E-state index in [1.165, 1.54) is 17.0 Å². The van der Waals surface area contributed by atoms with Crippen LogP contribution in [0.3, 0.4) is 0 Å². The van der Waals surface area contributed by atoms with Gasteiger partial charge in [-0.25, -0.2) is 8.42 Å². The summed E-state index contributed by atoms with van der Waals surface area (Å²) in [4.78, 5) is 28.8. The summed E-state index contributed by atoms with van der Waals surface area (Å²) in [5, 5.41) is 2.91. The summed E-state index contributed by atoms with van der Waals surface area (Å²) in [7, 11) is -4.06. The van der Waals surface area contributed by atoms with Crippen molar-refractivity contribution in [1.82, 2.24) is 10.2 Å². The fourth-order valence-corrected chi connectivity index (χ4v) is 6.02. The maximum Gasteiger partial charge on any atom is 0.264 e. The average molecular weight is 550 g/mol. The largest absolute Gasteiger partial charge is 0.354 e. The van der Waals surface area contributed by atoms with Crippen LogP contribution in [-0.4, -0.2) is 50.8 Å². The number of amides is 2. The summed E-state index contributed by atoms with van der Waals surface area (Å²) >= 11 is 0. The quantitative estimate of drug-likeness (QED) is 0.329. The lowest BCUT2D eigenvalue weighted by molar-refractivity contribution is -0.139. The van der Waals surface area contributed by atoms with Crippen molar-refractivity contribution in [3.63, 3.8) is 0 Å². The van der Waals surface area contributed by atoms with Crippen molar-refractivity contribution >= 4 is 27.5 Å². The highest BCUT2D eigenvalue weighted by Gasteiger charge is 2.33. The smallest absolute Gasteiger partial charge is 0.264 e. The van der Waals surface area contributed by atoms with Crippen molar-refractivity contribution in [2.75, 3.05) is 23.9 Å². The van der Waals surface area contributed by atoms with E-state index in [-0.39, 0.29) is 17.3 Å². The molecule has 39 heavy (non-hydrogen) atoms. The monoisotopic (exact) mass is 549 g/mol. The van der Waals surface area contributed by atoms with E-state index in [0.717, 1.165) is 27.4 Å². The Kier molecular flexibility index (Phi) is 10.7. The van der Waals surface area contributed by atoms with E-state index in [2.05, 4.69) is 5.32 Å². The molecule has 0 saturated carbocycles. The summed E-state index contributed by atoms with van der Waals surface area (Å²) in [6.45, 7) is 7.98. The summed E-state index contributed by atoms with van der Waals surface area (Å²) in [5.74, 6) is -0.660. The lowest BCUT2D eigenvalue weighted by Crippen LogP contribution is -2.53. The van der Waals surface area contributed by atoms with Gasteiger partial charge in [-0.2, -0.15) is 0 Å². The molecular weight excluding hydrogens is 510 g/mol. The molecule has 0 spiro atoms. The molecular formula is C31H39N3O4S. The van der Waals surface area contributed by atoms with E-state index in [1.807, 2.05) is 64.1 Å². The number of hydrogen-bond donors (Lipinski definition) is 1. The highest BCUT2D eigenvalue weighted by atomic mass is 32.2. The van der Waals surface area contributed by atoms with Gasteiger partial charge in [0.2, 0.25) is 11.8 Å². The van der Waals surface area contributed by atoms with Gasteiger partial charge in [-0.15, -0.1) is 0 Å². The molecule has 7 nitrogen and oxygen atoms in total. The van der Waals surface area contributed by atoms with Gasteiger partial charge in [-0.05, 0) is 74.1 Å². The summed E-state index contributed by atoms with van der Waals surface area (Å²) in [6.07, 6.45) is 1.72. The molecule has 208 valence electrons. The van der Waals surface area contributed by atoms with Crippen LogP contribution in [0, 0.1) is 13.8 Å². The van der Waals surface area contributed by atoms with Gasteiger partial charge in [0, 0.05) is 13.1 Å². The second kappa shape index (κ2) is 13.9. The van der Waals surface area contributed by atoms with E-state index in [0.29, 0.717) is 25.1 Å². The van der Waals surface area contributed by atoms with Gasteiger partial charge < -0.3 is 10.2 Å². The lowest BCUT2D eigenvalue weighted by Gasteiger charge is -2.33. The molecule has 0 heterocycles. The molecule has 0 aliphatic rings. The predicted molar refractivity (Wildman–Crippen MR) is 156 cm³/mol. The molecule has 0 aromatic heterocycles. The molecule has 0 saturated heterocycles. The zero-order valence-electron chi connectivity index (χ0n) is 23.3. The standard InChI is InChI=1S/C31H39N3O4S/c1-5-18-32-31(36)29(6-2)33(19-17-26-13-9-7-10-14-26)30(35)23-34(27-21-24(3)20-25(4)22-27)39(37,38)28-15-11-8-12-16-28/h7-16,20-22,29H,5-6,17-19,23H2,1-4H3,(H,32,36)/t29-/m0/s1. The van der Waals surface area contributed by atoms with Crippen molar-refractivity contribution in [1.29, 1.82) is 0 Å². The number of carbonyl (C=O) groups is 2. The van der Waals surface area contributed by atoms with Gasteiger partial charge in [-0.3, -0.25) is 13.9 Å². The van der Waals surface area contributed by atoms with E-state index in [9.17, 15) is 18.0 Å². The van der Waals surface area contributed by atoms with E-state index < -0.39 is 28.5 Å². The lowest BCUT2D eigenvalue weighted by atomic mass is 10.1. The number of hydrogen-bond acceptors (Lipinski definition) is 4. The van der Waals surface area contributed by atoms with Crippen LogP contribution < -0.4 is 9.62 Å². The third kappa shape index (κ3) is 7.93. The number of carbonyl (C=O) groups excluding carboxylic acids is 2. The van der Waals surface area contributed by atoms with Gasteiger partial charge in [0.25, 0.3) is 10.0 Å². The number of aryl methyl sites for hydroxylation is 2. The van der Waals surface area contributed by atoms with Gasteiger partial charge >= 0.3 is 0 Å². The Labute approximate surface area is 232 Å². The van der Waals surface area contributed by atoms with Crippen molar-refractivity contribution in [2.24, 2.45) is 0 Å². The van der Waals surface area contributed by atoms with Crippen LogP contribution in [0.1, 0.15) is 43.4 Å².